The van der Waals surface area contributed by atoms with Gasteiger partial charge < -0.3 is 14.4 Å². The summed E-state index contributed by atoms with van der Waals surface area (Å²) in [6.45, 7) is 6.49. The van der Waals surface area contributed by atoms with E-state index in [4.69, 9.17) is 9.47 Å². The maximum absolute atomic E-state index is 13.1. The second kappa shape index (κ2) is 9.09. The van der Waals surface area contributed by atoms with Crippen molar-refractivity contribution in [2.45, 2.75) is 26.8 Å². The van der Waals surface area contributed by atoms with Gasteiger partial charge in [0.2, 0.25) is 0 Å². The van der Waals surface area contributed by atoms with Crippen LogP contribution < -0.4 is 9.47 Å². The monoisotopic (exact) mass is 410 g/mol. The van der Waals surface area contributed by atoms with Gasteiger partial charge in [0.15, 0.2) is 0 Å². The predicted octanol–water partition coefficient (Wildman–Crippen LogP) is 5.36. The molecule has 0 bridgehead atoms. The zero-order valence-corrected chi connectivity index (χ0v) is 18.2. The zero-order valence-electron chi connectivity index (χ0n) is 17.4. The number of carbonyl (C=O) groups is 1. The average Bonchev–Trinajstić information content (AvgIpc) is 3.14. The number of methoxy groups -OCH3 is 1. The van der Waals surface area contributed by atoms with Gasteiger partial charge in [-0.25, -0.2) is 4.98 Å². The molecule has 3 aromatic rings. The van der Waals surface area contributed by atoms with Gasteiger partial charge in [0.25, 0.3) is 5.91 Å². The first kappa shape index (κ1) is 20.9. The molecule has 2 aromatic carbocycles. The van der Waals surface area contributed by atoms with Crippen LogP contribution in [-0.2, 0) is 0 Å². The summed E-state index contributed by atoms with van der Waals surface area (Å²) in [5, 5.41) is 0.833. The summed E-state index contributed by atoms with van der Waals surface area (Å²) in [5.74, 6) is 1.60. The Hall–Kier alpha value is -2.86. The van der Waals surface area contributed by atoms with E-state index < -0.39 is 0 Å². The van der Waals surface area contributed by atoms with E-state index in [0.717, 1.165) is 33.3 Å². The third-order valence-corrected chi connectivity index (χ3v) is 6.10. The number of benzene rings is 2. The van der Waals surface area contributed by atoms with Crippen molar-refractivity contribution in [1.82, 2.24) is 9.88 Å². The second-order valence-corrected chi connectivity index (χ2v) is 7.76. The van der Waals surface area contributed by atoms with E-state index in [1.807, 2.05) is 76.3 Å². The Balaban J connectivity index is 1.79. The molecular weight excluding hydrogens is 384 g/mol. The molecule has 3 rings (SSSR count). The van der Waals surface area contributed by atoms with Gasteiger partial charge in [-0.05, 0) is 62.7 Å². The van der Waals surface area contributed by atoms with Gasteiger partial charge in [0.1, 0.15) is 21.4 Å². The normalized spacial score (nSPS) is 11.8. The van der Waals surface area contributed by atoms with Crippen LogP contribution in [0.1, 0.15) is 40.8 Å². The Morgan fingerprint density at radius 3 is 2.31 bits per heavy atom. The van der Waals surface area contributed by atoms with Gasteiger partial charge >= 0.3 is 0 Å². The van der Waals surface area contributed by atoms with Crippen molar-refractivity contribution in [3.8, 4) is 22.1 Å². The lowest BCUT2D eigenvalue weighted by molar-refractivity contribution is 0.0746. The molecule has 6 heteroatoms. The highest BCUT2D eigenvalue weighted by Crippen LogP contribution is 2.31. The summed E-state index contributed by atoms with van der Waals surface area (Å²) in [6, 6.07) is 15.5. The van der Waals surface area contributed by atoms with Gasteiger partial charge in [-0.3, -0.25) is 4.79 Å². The number of thiazole rings is 1. The topological polar surface area (TPSA) is 51.7 Å². The van der Waals surface area contributed by atoms with Crippen molar-refractivity contribution >= 4 is 17.2 Å². The number of aromatic nitrogens is 1. The van der Waals surface area contributed by atoms with Crippen molar-refractivity contribution in [3.63, 3.8) is 0 Å². The molecule has 1 heterocycles. The van der Waals surface area contributed by atoms with E-state index in [9.17, 15) is 4.79 Å². The van der Waals surface area contributed by atoms with Crippen molar-refractivity contribution in [3.05, 3.63) is 64.7 Å². The molecule has 1 unspecified atom stereocenters. The number of nitrogens with zero attached hydrogens (tertiary/aromatic N) is 2. The lowest BCUT2D eigenvalue weighted by Gasteiger charge is -2.25. The quantitative estimate of drug-likeness (QED) is 0.526. The summed E-state index contributed by atoms with van der Waals surface area (Å²) in [5.41, 5.74) is 2.78. The number of hydrogen-bond donors (Lipinski definition) is 0. The zero-order chi connectivity index (χ0) is 21.0. The maximum Gasteiger partial charge on any atom is 0.266 e. The number of hydrogen-bond acceptors (Lipinski definition) is 5. The molecule has 0 spiro atoms. The largest absolute Gasteiger partial charge is 0.497 e. The molecule has 0 radical (unpaired) electrons. The van der Waals surface area contributed by atoms with Crippen LogP contribution in [-0.4, -0.2) is 36.6 Å². The van der Waals surface area contributed by atoms with Crippen LogP contribution in [0.2, 0.25) is 0 Å². The predicted molar refractivity (Wildman–Crippen MR) is 117 cm³/mol. The molecule has 0 saturated carbocycles. The highest BCUT2D eigenvalue weighted by atomic mass is 32.1. The van der Waals surface area contributed by atoms with Crippen LogP contribution in [0.15, 0.2) is 48.5 Å². The Morgan fingerprint density at radius 1 is 1.10 bits per heavy atom. The van der Waals surface area contributed by atoms with Crippen molar-refractivity contribution < 1.29 is 14.3 Å². The molecule has 0 aliphatic heterocycles. The van der Waals surface area contributed by atoms with Crippen LogP contribution in [0.5, 0.6) is 11.5 Å². The molecule has 0 saturated heterocycles. The first-order valence-electron chi connectivity index (χ1n) is 9.56. The third-order valence-electron chi connectivity index (χ3n) is 4.90. The van der Waals surface area contributed by atoms with Gasteiger partial charge in [-0.15, -0.1) is 11.3 Å². The molecule has 1 aromatic heterocycles. The highest BCUT2D eigenvalue weighted by Gasteiger charge is 2.23. The Bertz CT molecular complexity index is 965. The fourth-order valence-electron chi connectivity index (χ4n) is 3.02. The molecule has 0 aliphatic carbocycles. The molecule has 1 amide bonds. The Labute approximate surface area is 175 Å². The molecule has 152 valence electrons. The molecule has 1 atom stereocenters. The molecule has 29 heavy (non-hydrogen) atoms. The number of ether oxygens (including phenoxy) is 2. The lowest BCUT2D eigenvalue weighted by atomic mass is 10.1. The number of carbonyl (C=O) groups excluding carboxylic acids is 1. The van der Waals surface area contributed by atoms with E-state index in [1.165, 1.54) is 11.3 Å². The summed E-state index contributed by atoms with van der Waals surface area (Å²) in [4.78, 5) is 20.2. The summed E-state index contributed by atoms with van der Waals surface area (Å²) >= 11 is 1.42. The minimum atomic E-state index is -0.0659. The first-order valence-corrected chi connectivity index (χ1v) is 10.4. The van der Waals surface area contributed by atoms with Crippen LogP contribution in [0.4, 0.5) is 0 Å². The van der Waals surface area contributed by atoms with Crippen LogP contribution in [0.3, 0.4) is 0 Å². The lowest BCUT2D eigenvalue weighted by Crippen LogP contribution is -2.29. The Kier molecular flexibility index (Phi) is 6.54. The molecule has 5 nitrogen and oxygen atoms in total. The van der Waals surface area contributed by atoms with E-state index in [0.29, 0.717) is 11.5 Å². The second-order valence-electron chi connectivity index (χ2n) is 6.76. The minimum absolute atomic E-state index is 0.0273. The number of aryl methyl sites for hydroxylation is 1. The average molecular weight is 411 g/mol. The van der Waals surface area contributed by atoms with Crippen molar-refractivity contribution in [2.24, 2.45) is 0 Å². The van der Waals surface area contributed by atoms with Gasteiger partial charge in [-0.1, -0.05) is 12.1 Å². The van der Waals surface area contributed by atoms with E-state index in [-0.39, 0.29) is 11.9 Å². The minimum Gasteiger partial charge on any atom is -0.497 e. The molecule has 0 aliphatic rings. The SMILES string of the molecule is CCOc1ccc(-c2nc(C)c(C(=O)N(C)C(C)c3ccc(OC)cc3)s2)cc1. The summed E-state index contributed by atoms with van der Waals surface area (Å²) in [7, 11) is 3.47. The van der Waals surface area contributed by atoms with E-state index in [1.54, 1.807) is 12.0 Å². The fraction of sp³-hybridized carbons (Fsp3) is 0.304. The van der Waals surface area contributed by atoms with Gasteiger partial charge in [0, 0.05) is 12.6 Å². The molecular formula is C23H26N2O3S. The first-order chi connectivity index (χ1) is 13.9. The number of amides is 1. The van der Waals surface area contributed by atoms with Gasteiger partial charge in [0.05, 0.1) is 25.5 Å². The summed E-state index contributed by atoms with van der Waals surface area (Å²) < 4.78 is 10.7. The third kappa shape index (κ3) is 4.59. The fourth-order valence-corrected chi connectivity index (χ4v) is 4.08. The highest BCUT2D eigenvalue weighted by molar-refractivity contribution is 7.17. The Morgan fingerprint density at radius 2 is 1.72 bits per heavy atom. The van der Waals surface area contributed by atoms with E-state index >= 15 is 0 Å². The van der Waals surface area contributed by atoms with Crippen molar-refractivity contribution in [2.75, 3.05) is 20.8 Å². The maximum atomic E-state index is 13.1. The molecule has 0 fully saturated rings. The number of rotatable bonds is 7. The summed E-state index contributed by atoms with van der Waals surface area (Å²) in [6.07, 6.45) is 0. The van der Waals surface area contributed by atoms with Crippen molar-refractivity contribution in [1.29, 1.82) is 0 Å². The van der Waals surface area contributed by atoms with E-state index in [2.05, 4.69) is 4.98 Å². The smallest absolute Gasteiger partial charge is 0.266 e. The van der Waals surface area contributed by atoms with Gasteiger partial charge in [-0.2, -0.15) is 0 Å². The van der Waals surface area contributed by atoms with Crippen LogP contribution >= 0.6 is 11.3 Å². The standard InChI is InChI=1S/C23H26N2O3S/c1-6-28-20-13-9-18(10-14-20)22-24-15(2)21(29-22)23(26)25(4)16(3)17-7-11-19(27-5)12-8-17/h7-14,16H,6H2,1-5H3. The van der Waals surface area contributed by atoms with Crippen LogP contribution in [0.25, 0.3) is 10.6 Å². The molecule has 0 N–H and O–H groups in total. The van der Waals surface area contributed by atoms with Crippen LogP contribution in [0, 0.1) is 6.92 Å².